The van der Waals surface area contributed by atoms with Gasteiger partial charge < -0.3 is 15.4 Å². The molecular formula is C13H12ClN3O2. The summed E-state index contributed by atoms with van der Waals surface area (Å²) in [6.07, 6.45) is 0. The van der Waals surface area contributed by atoms with E-state index in [1.807, 2.05) is 0 Å². The number of benzene rings is 1. The molecular weight excluding hydrogens is 266 g/mol. The minimum absolute atomic E-state index is 0.273. The van der Waals surface area contributed by atoms with E-state index in [9.17, 15) is 4.79 Å². The van der Waals surface area contributed by atoms with Crippen molar-refractivity contribution in [3.05, 3.63) is 47.6 Å². The number of nitrogens with one attached hydrogen (secondary N) is 2. The molecule has 0 bridgehead atoms. The minimum Gasteiger partial charge on any atom is -0.439 e. The standard InChI is InChI=1S/C13H12ClN3O2/c1-15-13(18)16-9-5-7-10(8-6-9)19-12-4-2-3-11(14)17-12/h2-8H,1H3,(H2,15,16,18). The zero-order valence-corrected chi connectivity index (χ0v) is 10.9. The molecule has 2 rings (SSSR count). The molecule has 1 heterocycles. The highest BCUT2D eigenvalue weighted by atomic mass is 35.5. The van der Waals surface area contributed by atoms with E-state index >= 15 is 0 Å². The van der Waals surface area contributed by atoms with Gasteiger partial charge in [-0.05, 0) is 30.3 Å². The van der Waals surface area contributed by atoms with Crippen LogP contribution >= 0.6 is 11.6 Å². The molecule has 0 aliphatic rings. The van der Waals surface area contributed by atoms with Crippen molar-refractivity contribution in [2.24, 2.45) is 0 Å². The first-order valence-electron chi connectivity index (χ1n) is 5.56. The van der Waals surface area contributed by atoms with E-state index in [2.05, 4.69) is 15.6 Å². The van der Waals surface area contributed by atoms with Crippen LogP contribution in [0.4, 0.5) is 10.5 Å². The van der Waals surface area contributed by atoms with E-state index in [1.54, 1.807) is 49.5 Å². The summed E-state index contributed by atoms with van der Waals surface area (Å²) < 4.78 is 5.52. The molecule has 19 heavy (non-hydrogen) atoms. The van der Waals surface area contributed by atoms with Crippen LogP contribution in [0.3, 0.4) is 0 Å². The van der Waals surface area contributed by atoms with Crippen LogP contribution in [0.5, 0.6) is 11.6 Å². The lowest BCUT2D eigenvalue weighted by Gasteiger charge is -2.07. The maximum Gasteiger partial charge on any atom is 0.318 e. The van der Waals surface area contributed by atoms with E-state index in [4.69, 9.17) is 16.3 Å². The second-order valence-electron chi connectivity index (χ2n) is 3.63. The second kappa shape index (κ2) is 6.06. The summed E-state index contributed by atoms with van der Waals surface area (Å²) in [6.45, 7) is 0. The highest BCUT2D eigenvalue weighted by Crippen LogP contribution is 2.22. The normalized spacial score (nSPS) is 9.79. The summed E-state index contributed by atoms with van der Waals surface area (Å²) in [5.74, 6) is 1.02. The van der Waals surface area contributed by atoms with Crippen molar-refractivity contribution in [3.63, 3.8) is 0 Å². The number of hydrogen-bond donors (Lipinski definition) is 2. The minimum atomic E-state index is -0.273. The third-order valence-electron chi connectivity index (χ3n) is 2.25. The summed E-state index contributed by atoms with van der Waals surface area (Å²) in [5.41, 5.74) is 0.672. The van der Waals surface area contributed by atoms with Gasteiger partial charge in [0.25, 0.3) is 0 Å². The Morgan fingerprint density at radius 3 is 2.58 bits per heavy atom. The zero-order chi connectivity index (χ0) is 13.7. The molecule has 2 N–H and O–H groups in total. The number of aromatic nitrogens is 1. The van der Waals surface area contributed by atoms with Crippen LogP contribution in [0.15, 0.2) is 42.5 Å². The fraction of sp³-hybridized carbons (Fsp3) is 0.0769. The molecule has 5 nitrogen and oxygen atoms in total. The number of rotatable bonds is 3. The SMILES string of the molecule is CNC(=O)Nc1ccc(Oc2cccc(Cl)n2)cc1. The van der Waals surface area contributed by atoms with E-state index in [0.717, 1.165) is 0 Å². The predicted molar refractivity (Wildman–Crippen MR) is 73.8 cm³/mol. The largest absolute Gasteiger partial charge is 0.439 e. The average Bonchev–Trinajstić information content (AvgIpc) is 2.41. The topological polar surface area (TPSA) is 63.2 Å². The monoisotopic (exact) mass is 277 g/mol. The molecule has 6 heteroatoms. The molecule has 98 valence electrons. The van der Waals surface area contributed by atoms with Gasteiger partial charge in [0, 0.05) is 18.8 Å². The maximum absolute atomic E-state index is 11.1. The third-order valence-corrected chi connectivity index (χ3v) is 2.46. The molecule has 0 radical (unpaired) electrons. The molecule has 0 saturated carbocycles. The predicted octanol–water partition coefficient (Wildman–Crippen LogP) is 3.28. The van der Waals surface area contributed by atoms with Gasteiger partial charge in [0.05, 0.1) is 0 Å². The highest BCUT2D eigenvalue weighted by molar-refractivity contribution is 6.29. The third kappa shape index (κ3) is 3.86. The lowest BCUT2D eigenvalue weighted by atomic mass is 10.3. The number of pyridine rings is 1. The van der Waals surface area contributed by atoms with Crippen LogP contribution in [-0.4, -0.2) is 18.1 Å². The number of carbonyl (C=O) groups excluding carboxylic acids is 1. The number of anilines is 1. The van der Waals surface area contributed by atoms with Crippen LogP contribution in [0.1, 0.15) is 0 Å². The van der Waals surface area contributed by atoms with Gasteiger partial charge in [0.2, 0.25) is 5.88 Å². The van der Waals surface area contributed by atoms with Gasteiger partial charge in [-0.25, -0.2) is 9.78 Å². The number of amides is 2. The summed E-state index contributed by atoms with van der Waals surface area (Å²) in [5, 5.41) is 5.49. The number of urea groups is 1. The Labute approximate surface area is 115 Å². The van der Waals surface area contributed by atoms with Crippen molar-refractivity contribution in [1.29, 1.82) is 0 Å². The number of halogens is 1. The van der Waals surface area contributed by atoms with Crippen molar-refractivity contribution < 1.29 is 9.53 Å². The number of nitrogens with zero attached hydrogens (tertiary/aromatic N) is 1. The van der Waals surface area contributed by atoms with Crippen LogP contribution in [-0.2, 0) is 0 Å². The van der Waals surface area contributed by atoms with Gasteiger partial charge in [0.15, 0.2) is 0 Å². The molecule has 2 amide bonds. The van der Waals surface area contributed by atoms with Gasteiger partial charge in [-0.15, -0.1) is 0 Å². The van der Waals surface area contributed by atoms with Crippen LogP contribution in [0.2, 0.25) is 5.15 Å². The molecule has 2 aromatic rings. The van der Waals surface area contributed by atoms with Crippen molar-refractivity contribution in [3.8, 4) is 11.6 Å². The Morgan fingerprint density at radius 2 is 1.95 bits per heavy atom. The van der Waals surface area contributed by atoms with Crippen LogP contribution < -0.4 is 15.4 Å². The Bertz CT molecular complexity index is 572. The second-order valence-corrected chi connectivity index (χ2v) is 4.02. The van der Waals surface area contributed by atoms with Gasteiger partial charge >= 0.3 is 6.03 Å². The van der Waals surface area contributed by atoms with Gasteiger partial charge in [-0.3, -0.25) is 0 Å². The molecule has 0 aliphatic heterocycles. The van der Waals surface area contributed by atoms with Crippen molar-refractivity contribution in [2.45, 2.75) is 0 Å². The molecule has 0 atom stereocenters. The number of ether oxygens (including phenoxy) is 1. The first-order valence-corrected chi connectivity index (χ1v) is 5.94. The molecule has 1 aromatic carbocycles. The molecule has 0 fully saturated rings. The quantitative estimate of drug-likeness (QED) is 0.846. The highest BCUT2D eigenvalue weighted by Gasteiger charge is 2.01. The maximum atomic E-state index is 11.1. The zero-order valence-electron chi connectivity index (χ0n) is 10.2. The van der Waals surface area contributed by atoms with Gasteiger partial charge in [-0.2, -0.15) is 0 Å². The fourth-order valence-corrected chi connectivity index (χ4v) is 1.52. The molecule has 0 aliphatic carbocycles. The first kappa shape index (κ1) is 13.2. The van der Waals surface area contributed by atoms with E-state index in [-0.39, 0.29) is 6.03 Å². The summed E-state index contributed by atoms with van der Waals surface area (Å²) >= 11 is 5.76. The smallest absolute Gasteiger partial charge is 0.318 e. The Balaban J connectivity index is 2.04. The molecule has 1 aromatic heterocycles. The summed E-state index contributed by atoms with van der Waals surface area (Å²) in [7, 11) is 1.55. The van der Waals surface area contributed by atoms with Crippen molar-refractivity contribution in [2.75, 3.05) is 12.4 Å². The average molecular weight is 278 g/mol. The van der Waals surface area contributed by atoms with Crippen molar-refractivity contribution >= 4 is 23.3 Å². The summed E-state index contributed by atoms with van der Waals surface area (Å²) in [6, 6.07) is 11.8. The Hall–Kier alpha value is -2.27. The molecule has 0 unspecified atom stereocenters. The summed E-state index contributed by atoms with van der Waals surface area (Å²) in [4.78, 5) is 15.1. The van der Waals surface area contributed by atoms with E-state index in [1.165, 1.54) is 0 Å². The first-order chi connectivity index (χ1) is 9.17. The lowest BCUT2D eigenvalue weighted by molar-refractivity contribution is 0.254. The number of carbonyl (C=O) groups is 1. The van der Waals surface area contributed by atoms with Crippen LogP contribution in [0, 0.1) is 0 Å². The van der Waals surface area contributed by atoms with Gasteiger partial charge in [0.1, 0.15) is 10.9 Å². The molecule has 0 saturated heterocycles. The van der Waals surface area contributed by atoms with Crippen LogP contribution in [0.25, 0.3) is 0 Å². The Kier molecular flexibility index (Phi) is 4.20. The molecule has 0 spiro atoms. The van der Waals surface area contributed by atoms with Crippen molar-refractivity contribution in [1.82, 2.24) is 10.3 Å². The van der Waals surface area contributed by atoms with E-state index < -0.39 is 0 Å². The fourth-order valence-electron chi connectivity index (χ4n) is 1.37. The van der Waals surface area contributed by atoms with E-state index in [0.29, 0.717) is 22.5 Å². The van der Waals surface area contributed by atoms with Gasteiger partial charge in [-0.1, -0.05) is 17.7 Å². The Morgan fingerprint density at radius 1 is 1.21 bits per heavy atom. The lowest BCUT2D eigenvalue weighted by Crippen LogP contribution is -2.24. The number of hydrogen-bond acceptors (Lipinski definition) is 3.